The van der Waals surface area contributed by atoms with E-state index in [1.807, 2.05) is 11.4 Å². The smallest absolute Gasteiger partial charge is 0.265 e. The van der Waals surface area contributed by atoms with Crippen molar-refractivity contribution in [2.75, 3.05) is 5.32 Å². The van der Waals surface area contributed by atoms with E-state index in [-0.39, 0.29) is 11.7 Å². The lowest BCUT2D eigenvalue weighted by molar-refractivity contribution is 0.103. The maximum atomic E-state index is 11.8. The van der Waals surface area contributed by atoms with Crippen molar-refractivity contribution in [1.82, 2.24) is 0 Å². The maximum absolute atomic E-state index is 11.8. The third-order valence-corrected chi connectivity index (χ3v) is 4.10. The lowest BCUT2D eigenvalue weighted by Gasteiger charge is -2.07. The predicted molar refractivity (Wildman–Crippen MR) is 75.8 cm³/mol. The summed E-state index contributed by atoms with van der Waals surface area (Å²) < 4.78 is 1.04. The number of hydrogen-bond donors (Lipinski definition) is 2. The monoisotopic (exact) mass is 375 g/mol. The molecule has 0 unspecified atom stereocenters. The van der Waals surface area contributed by atoms with E-state index in [9.17, 15) is 9.90 Å². The van der Waals surface area contributed by atoms with Crippen LogP contribution in [0.15, 0.2) is 38.6 Å². The molecule has 0 aliphatic rings. The van der Waals surface area contributed by atoms with E-state index in [2.05, 4.69) is 37.2 Å². The number of phenolic OH excluding ortho intramolecular Hbond substituents is 1. The molecule has 1 aromatic heterocycles. The van der Waals surface area contributed by atoms with Gasteiger partial charge in [-0.2, -0.15) is 0 Å². The minimum atomic E-state index is -0.163. The number of rotatable bonds is 2. The Kier molecular flexibility index (Phi) is 3.86. The number of anilines is 1. The Morgan fingerprint density at radius 1 is 1.29 bits per heavy atom. The highest BCUT2D eigenvalue weighted by Crippen LogP contribution is 2.35. The van der Waals surface area contributed by atoms with E-state index in [1.165, 1.54) is 11.3 Å². The molecule has 0 saturated carbocycles. The number of nitrogens with one attached hydrogen (secondary N) is 1. The highest BCUT2D eigenvalue weighted by atomic mass is 79.9. The lowest BCUT2D eigenvalue weighted by atomic mass is 10.3. The van der Waals surface area contributed by atoms with Crippen LogP contribution in [0.1, 0.15) is 9.67 Å². The van der Waals surface area contributed by atoms with Gasteiger partial charge in [0.2, 0.25) is 0 Å². The second-order valence-corrected chi connectivity index (χ2v) is 5.88. The highest BCUT2D eigenvalue weighted by molar-refractivity contribution is 9.11. The number of phenols is 1. The van der Waals surface area contributed by atoms with E-state index in [1.54, 1.807) is 18.2 Å². The molecule has 1 heterocycles. The molecule has 0 bridgehead atoms. The Morgan fingerprint density at radius 2 is 1.94 bits per heavy atom. The van der Waals surface area contributed by atoms with Crippen LogP contribution in [0.3, 0.4) is 0 Å². The summed E-state index contributed by atoms with van der Waals surface area (Å²) in [6.45, 7) is 0. The fourth-order valence-corrected chi connectivity index (χ4v) is 3.04. The molecule has 2 aromatic rings. The fourth-order valence-electron chi connectivity index (χ4n) is 1.24. The average molecular weight is 377 g/mol. The molecule has 3 nitrogen and oxygen atoms in total. The van der Waals surface area contributed by atoms with Gasteiger partial charge in [-0.25, -0.2) is 0 Å². The molecule has 0 fully saturated rings. The molecule has 0 aliphatic carbocycles. The zero-order chi connectivity index (χ0) is 12.4. The topological polar surface area (TPSA) is 49.3 Å². The number of amides is 1. The second kappa shape index (κ2) is 5.20. The van der Waals surface area contributed by atoms with Crippen molar-refractivity contribution in [1.29, 1.82) is 0 Å². The quantitative estimate of drug-likeness (QED) is 0.770. The minimum Gasteiger partial charge on any atom is -0.506 e. The van der Waals surface area contributed by atoms with Gasteiger partial charge in [-0.1, -0.05) is 6.07 Å². The molecule has 2 rings (SSSR count). The molecule has 0 spiro atoms. The summed E-state index contributed by atoms with van der Waals surface area (Å²) >= 11 is 7.79. The number of carbonyl (C=O) groups excluding carboxylic acids is 1. The standard InChI is InChI=1S/C11H7Br2NO2S/c12-7-4-6(5-8(13)10(7)15)14-11(16)9-2-1-3-17-9/h1-5,15H,(H,14,16). The van der Waals surface area contributed by atoms with Gasteiger partial charge in [0.25, 0.3) is 5.91 Å². The van der Waals surface area contributed by atoms with Gasteiger partial charge in [-0.15, -0.1) is 11.3 Å². The molecule has 88 valence electrons. The van der Waals surface area contributed by atoms with Crippen molar-refractivity contribution in [2.45, 2.75) is 0 Å². The van der Waals surface area contributed by atoms with Crippen molar-refractivity contribution in [3.8, 4) is 5.75 Å². The largest absolute Gasteiger partial charge is 0.506 e. The first-order valence-electron chi connectivity index (χ1n) is 4.61. The summed E-state index contributed by atoms with van der Waals surface area (Å²) in [5.74, 6) is -0.0522. The first kappa shape index (κ1) is 12.6. The van der Waals surface area contributed by atoms with Gasteiger partial charge in [0.15, 0.2) is 0 Å². The Balaban J connectivity index is 2.22. The van der Waals surface area contributed by atoms with Gasteiger partial charge >= 0.3 is 0 Å². The van der Waals surface area contributed by atoms with Crippen LogP contribution in [0.25, 0.3) is 0 Å². The summed E-state index contributed by atoms with van der Waals surface area (Å²) in [7, 11) is 0. The van der Waals surface area contributed by atoms with E-state index in [4.69, 9.17) is 0 Å². The molecule has 1 aromatic carbocycles. The number of halogens is 2. The molecule has 0 atom stereocenters. The fraction of sp³-hybridized carbons (Fsp3) is 0. The van der Waals surface area contributed by atoms with Crippen LogP contribution in [0.2, 0.25) is 0 Å². The number of hydrogen-bond acceptors (Lipinski definition) is 3. The SMILES string of the molecule is O=C(Nc1cc(Br)c(O)c(Br)c1)c1cccs1. The third kappa shape index (κ3) is 2.88. The van der Waals surface area contributed by atoms with Gasteiger partial charge in [-0.05, 0) is 55.4 Å². The van der Waals surface area contributed by atoms with Gasteiger partial charge in [0.05, 0.1) is 13.8 Å². The number of carbonyl (C=O) groups is 1. The van der Waals surface area contributed by atoms with E-state index >= 15 is 0 Å². The summed E-state index contributed by atoms with van der Waals surface area (Å²) in [6.07, 6.45) is 0. The molecular formula is C11H7Br2NO2S. The Labute approximate surface area is 119 Å². The van der Waals surface area contributed by atoms with Gasteiger partial charge in [0, 0.05) is 5.69 Å². The number of thiophene rings is 1. The number of benzene rings is 1. The summed E-state index contributed by atoms with van der Waals surface area (Å²) in [6, 6.07) is 6.87. The summed E-state index contributed by atoms with van der Waals surface area (Å²) in [4.78, 5) is 12.4. The number of aromatic hydroxyl groups is 1. The van der Waals surface area contributed by atoms with Gasteiger partial charge in [-0.3, -0.25) is 4.79 Å². The van der Waals surface area contributed by atoms with Crippen LogP contribution in [0.4, 0.5) is 5.69 Å². The molecule has 6 heteroatoms. The maximum Gasteiger partial charge on any atom is 0.265 e. The van der Waals surface area contributed by atoms with Crippen LogP contribution in [-0.4, -0.2) is 11.0 Å². The summed E-state index contributed by atoms with van der Waals surface area (Å²) in [5.41, 5.74) is 0.611. The van der Waals surface area contributed by atoms with E-state index in [0.717, 1.165) is 0 Å². The van der Waals surface area contributed by atoms with Crippen molar-refractivity contribution in [3.05, 3.63) is 43.5 Å². The predicted octanol–water partition coefficient (Wildman–Crippen LogP) is 4.23. The van der Waals surface area contributed by atoms with Crippen LogP contribution < -0.4 is 5.32 Å². The third-order valence-electron chi connectivity index (χ3n) is 2.02. The summed E-state index contributed by atoms with van der Waals surface area (Å²) in [5, 5.41) is 14.1. The zero-order valence-electron chi connectivity index (χ0n) is 8.41. The molecule has 0 radical (unpaired) electrons. The van der Waals surface area contributed by atoms with Crippen LogP contribution in [0.5, 0.6) is 5.75 Å². The van der Waals surface area contributed by atoms with Crippen molar-refractivity contribution < 1.29 is 9.90 Å². The Bertz CT molecular complexity index is 532. The lowest BCUT2D eigenvalue weighted by Crippen LogP contribution is -2.09. The second-order valence-electron chi connectivity index (χ2n) is 3.22. The first-order chi connectivity index (χ1) is 8.08. The van der Waals surface area contributed by atoms with Crippen LogP contribution in [-0.2, 0) is 0 Å². The molecule has 17 heavy (non-hydrogen) atoms. The molecule has 0 saturated heterocycles. The molecule has 2 N–H and O–H groups in total. The molecule has 1 amide bonds. The molecular weight excluding hydrogens is 370 g/mol. The highest BCUT2D eigenvalue weighted by Gasteiger charge is 2.10. The van der Waals surface area contributed by atoms with Gasteiger partial charge in [0.1, 0.15) is 5.75 Å². The van der Waals surface area contributed by atoms with Gasteiger partial charge < -0.3 is 10.4 Å². The van der Waals surface area contributed by atoms with Crippen molar-refractivity contribution in [2.24, 2.45) is 0 Å². The normalized spacial score (nSPS) is 10.2. The Hall–Kier alpha value is -0.850. The van der Waals surface area contributed by atoms with E-state index < -0.39 is 0 Å². The van der Waals surface area contributed by atoms with E-state index in [0.29, 0.717) is 19.5 Å². The first-order valence-corrected chi connectivity index (χ1v) is 7.07. The van der Waals surface area contributed by atoms with Crippen molar-refractivity contribution in [3.63, 3.8) is 0 Å². The average Bonchev–Trinajstić information content (AvgIpc) is 2.79. The molecule has 0 aliphatic heterocycles. The zero-order valence-corrected chi connectivity index (χ0v) is 12.4. The Morgan fingerprint density at radius 3 is 2.47 bits per heavy atom. The minimum absolute atomic E-state index is 0.110. The van der Waals surface area contributed by atoms with Crippen LogP contribution in [0, 0.1) is 0 Å². The van der Waals surface area contributed by atoms with Crippen molar-refractivity contribution >= 4 is 54.8 Å². The van der Waals surface area contributed by atoms with Crippen LogP contribution >= 0.6 is 43.2 Å².